The van der Waals surface area contributed by atoms with Crippen LogP contribution in [0.15, 0.2) is 0 Å². The van der Waals surface area contributed by atoms with Crippen LogP contribution >= 0.6 is 12.4 Å². The highest BCUT2D eigenvalue weighted by molar-refractivity contribution is 5.85. The van der Waals surface area contributed by atoms with Gasteiger partial charge in [-0.2, -0.15) is 0 Å². The molecule has 62 valence electrons. The normalized spacial score (nSPS) is 18.3. The Hall–Kier alpha value is 0.110. The minimum absolute atomic E-state index is 0. The van der Waals surface area contributed by atoms with E-state index in [0.29, 0.717) is 0 Å². The van der Waals surface area contributed by atoms with Crippen LogP contribution in [-0.2, 0) is 0 Å². The Labute approximate surface area is 65.4 Å². The summed E-state index contributed by atoms with van der Waals surface area (Å²) in [5.74, 6) is -2.33. The predicted octanol–water partition coefficient (Wildman–Crippen LogP) is 1.80. The maximum absolute atomic E-state index is 12.3. The molecule has 1 nitrogen and oxygen atoms in total. The van der Waals surface area contributed by atoms with E-state index in [1.807, 2.05) is 0 Å². The molecule has 1 aliphatic carbocycles. The summed E-state index contributed by atoms with van der Waals surface area (Å²) in [5.41, 5.74) is 4.83. The first kappa shape index (κ1) is 10.1. The lowest BCUT2D eigenvalue weighted by Gasteiger charge is -2.11. The second-order valence-electron chi connectivity index (χ2n) is 2.71. The molecule has 0 spiro atoms. The Morgan fingerprint density at radius 2 is 1.90 bits per heavy atom. The van der Waals surface area contributed by atoms with Gasteiger partial charge in [-0.25, -0.2) is 8.78 Å². The monoisotopic (exact) mass is 171 g/mol. The molecule has 1 saturated carbocycles. The molecule has 0 aromatic carbocycles. The van der Waals surface area contributed by atoms with Gasteiger partial charge in [0.05, 0.1) is 6.54 Å². The molecule has 2 N–H and O–H groups in total. The predicted molar refractivity (Wildman–Crippen MR) is 38.6 cm³/mol. The van der Waals surface area contributed by atoms with E-state index < -0.39 is 12.5 Å². The van der Waals surface area contributed by atoms with E-state index >= 15 is 0 Å². The molecule has 0 aromatic rings. The molecule has 0 radical (unpaired) electrons. The van der Waals surface area contributed by atoms with Crippen molar-refractivity contribution in [3.05, 3.63) is 0 Å². The summed E-state index contributed by atoms with van der Waals surface area (Å²) in [7, 11) is 0. The summed E-state index contributed by atoms with van der Waals surface area (Å²) in [5, 5.41) is 0. The zero-order valence-electron chi connectivity index (χ0n) is 5.65. The smallest absolute Gasteiger partial charge is 0.260 e. The molecule has 0 aliphatic heterocycles. The lowest BCUT2D eigenvalue weighted by Crippen LogP contribution is -2.28. The Morgan fingerprint density at radius 1 is 1.40 bits per heavy atom. The third-order valence-electron chi connectivity index (χ3n) is 1.58. The van der Waals surface area contributed by atoms with Crippen molar-refractivity contribution in [1.29, 1.82) is 0 Å². The lowest BCUT2D eigenvalue weighted by molar-refractivity contribution is -0.00332. The number of rotatable bonds is 3. The zero-order chi connectivity index (χ0) is 6.91. The maximum atomic E-state index is 12.3. The molecule has 10 heavy (non-hydrogen) atoms. The van der Waals surface area contributed by atoms with E-state index in [4.69, 9.17) is 5.73 Å². The number of nitrogens with two attached hydrogens (primary N) is 1. The largest absolute Gasteiger partial charge is 0.325 e. The van der Waals surface area contributed by atoms with Gasteiger partial charge in [-0.1, -0.05) is 0 Å². The van der Waals surface area contributed by atoms with Crippen LogP contribution in [-0.4, -0.2) is 12.5 Å². The fourth-order valence-corrected chi connectivity index (χ4v) is 0.828. The highest BCUT2D eigenvalue weighted by Crippen LogP contribution is 2.38. The molecule has 0 amide bonds. The third kappa shape index (κ3) is 3.32. The number of halogens is 3. The van der Waals surface area contributed by atoms with Crippen molar-refractivity contribution >= 4 is 12.4 Å². The molecule has 0 unspecified atom stereocenters. The Balaban J connectivity index is 0.000000810. The quantitative estimate of drug-likeness (QED) is 0.689. The maximum Gasteiger partial charge on any atom is 0.260 e. The summed E-state index contributed by atoms with van der Waals surface area (Å²) in [4.78, 5) is 0. The SMILES string of the molecule is Cl.NCC(F)(F)CC1CC1. The minimum Gasteiger partial charge on any atom is -0.325 e. The average molecular weight is 172 g/mol. The standard InChI is InChI=1S/C6H11F2N.ClH/c7-6(8,4-9)3-5-1-2-5;/h5H,1-4,9H2;1H. The fourth-order valence-electron chi connectivity index (χ4n) is 0.828. The van der Waals surface area contributed by atoms with Gasteiger partial charge in [-0.3, -0.25) is 0 Å². The third-order valence-corrected chi connectivity index (χ3v) is 1.58. The van der Waals surface area contributed by atoms with E-state index in [1.54, 1.807) is 0 Å². The van der Waals surface area contributed by atoms with Crippen molar-refractivity contribution < 1.29 is 8.78 Å². The van der Waals surface area contributed by atoms with Gasteiger partial charge in [0.25, 0.3) is 5.92 Å². The molecule has 0 aromatic heterocycles. The summed E-state index contributed by atoms with van der Waals surface area (Å²) in [6, 6.07) is 0. The van der Waals surface area contributed by atoms with Crippen molar-refractivity contribution in [1.82, 2.24) is 0 Å². The van der Waals surface area contributed by atoms with Crippen molar-refractivity contribution in [2.24, 2.45) is 11.7 Å². The van der Waals surface area contributed by atoms with E-state index in [0.717, 1.165) is 12.8 Å². The van der Waals surface area contributed by atoms with Crippen LogP contribution in [0.5, 0.6) is 0 Å². The molecule has 0 atom stereocenters. The molecule has 1 aliphatic rings. The van der Waals surface area contributed by atoms with Gasteiger partial charge in [-0.15, -0.1) is 12.4 Å². The zero-order valence-corrected chi connectivity index (χ0v) is 6.46. The second kappa shape index (κ2) is 3.49. The highest BCUT2D eigenvalue weighted by Gasteiger charge is 2.35. The Morgan fingerprint density at radius 3 is 2.20 bits per heavy atom. The number of hydrogen-bond acceptors (Lipinski definition) is 1. The molecular formula is C6H12ClF2N. The van der Waals surface area contributed by atoms with Gasteiger partial charge in [-0.05, 0) is 18.8 Å². The summed E-state index contributed by atoms with van der Waals surface area (Å²) in [6.07, 6.45) is 1.94. The van der Waals surface area contributed by atoms with E-state index in [2.05, 4.69) is 0 Å². The van der Waals surface area contributed by atoms with Crippen molar-refractivity contribution in [2.45, 2.75) is 25.2 Å². The van der Waals surface area contributed by atoms with Gasteiger partial charge >= 0.3 is 0 Å². The van der Waals surface area contributed by atoms with Gasteiger partial charge in [0.15, 0.2) is 0 Å². The molecular weight excluding hydrogens is 160 g/mol. The van der Waals surface area contributed by atoms with Crippen molar-refractivity contribution in [3.63, 3.8) is 0 Å². The van der Waals surface area contributed by atoms with E-state index in [1.165, 1.54) is 0 Å². The number of alkyl halides is 2. The highest BCUT2D eigenvalue weighted by atomic mass is 35.5. The second-order valence-corrected chi connectivity index (χ2v) is 2.71. The van der Waals surface area contributed by atoms with E-state index in [-0.39, 0.29) is 24.7 Å². The first-order valence-corrected chi connectivity index (χ1v) is 3.22. The molecule has 0 heterocycles. The topological polar surface area (TPSA) is 26.0 Å². The molecule has 0 bridgehead atoms. The average Bonchev–Trinajstić information content (AvgIpc) is 2.50. The minimum atomic E-state index is -2.60. The van der Waals surface area contributed by atoms with Gasteiger partial charge in [0, 0.05) is 6.42 Å². The van der Waals surface area contributed by atoms with Crippen LogP contribution in [0.2, 0.25) is 0 Å². The van der Waals surface area contributed by atoms with Crippen LogP contribution in [0.3, 0.4) is 0 Å². The molecule has 1 fully saturated rings. The van der Waals surface area contributed by atoms with Crippen molar-refractivity contribution in [2.75, 3.05) is 6.54 Å². The van der Waals surface area contributed by atoms with E-state index in [9.17, 15) is 8.78 Å². The summed E-state index contributed by atoms with van der Waals surface area (Å²) in [6.45, 7) is -0.497. The summed E-state index contributed by atoms with van der Waals surface area (Å²) < 4.78 is 24.6. The Kier molecular flexibility index (Phi) is 3.52. The van der Waals surface area contributed by atoms with Crippen LogP contribution in [0.4, 0.5) is 8.78 Å². The Bertz CT molecular complexity index is 104. The van der Waals surface area contributed by atoms with Crippen molar-refractivity contribution in [3.8, 4) is 0 Å². The van der Waals surface area contributed by atoms with Crippen LogP contribution < -0.4 is 5.73 Å². The fraction of sp³-hybridized carbons (Fsp3) is 1.00. The van der Waals surface area contributed by atoms with Crippen LogP contribution in [0.25, 0.3) is 0 Å². The first-order chi connectivity index (χ1) is 4.14. The first-order valence-electron chi connectivity index (χ1n) is 3.22. The molecule has 0 saturated heterocycles. The number of hydrogen-bond donors (Lipinski definition) is 1. The van der Waals surface area contributed by atoms with Gasteiger partial charge < -0.3 is 5.73 Å². The lowest BCUT2D eigenvalue weighted by atomic mass is 10.2. The molecule has 4 heteroatoms. The van der Waals surface area contributed by atoms with Crippen LogP contribution in [0.1, 0.15) is 19.3 Å². The van der Waals surface area contributed by atoms with Gasteiger partial charge in [0.2, 0.25) is 0 Å². The van der Waals surface area contributed by atoms with Gasteiger partial charge in [0.1, 0.15) is 0 Å². The summed E-state index contributed by atoms with van der Waals surface area (Å²) >= 11 is 0. The molecule has 1 rings (SSSR count). The van der Waals surface area contributed by atoms with Crippen LogP contribution in [0, 0.1) is 5.92 Å².